The number of hydrogen-bond acceptors (Lipinski definition) is 5. The first-order valence-corrected chi connectivity index (χ1v) is 10.3. The molecule has 0 aliphatic heterocycles. The number of amides is 1. The Hall–Kier alpha value is -2.74. The number of carbonyl (C=O) groups is 1. The van der Waals surface area contributed by atoms with Gasteiger partial charge in [0.25, 0.3) is 0 Å². The van der Waals surface area contributed by atoms with Crippen LogP contribution in [0.3, 0.4) is 0 Å². The number of ether oxygens (including phenoxy) is 1. The maximum atomic E-state index is 12.5. The Morgan fingerprint density at radius 1 is 1.04 bits per heavy atom. The highest BCUT2D eigenvalue weighted by Gasteiger charge is 2.21. The minimum Gasteiger partial charge on any atom is -0.492 e. The van der Waals surface area contributed by atoms with E-state index in [9.17, 15) is 13.2 Å². The molecule has 27 heavy (non-hydrogen) atoms. The fourth-order valence-corrected chi connectivity index (χ4v) is 3.34. The van der Waals surface area contributed by atoms with Crippen molar-refractivity contribution in [1.82, 2.24) is 0 Å². The predicted octanol–water partition coefficient (Wildman–Crippen LogP) is 2.56. The van der Waals surface area contributed by atoms with Gasteiger partial charge in [0.1, 0.15) is 12.3 Å². The second kappa shape index (κ2) is 8.77. The van der Waals surface area contributed by atoms with Crippen LogP contribution in [-0.4, -0.2) is 47.8 Å². The lowest BCUT2D eigenvalue weighted by Crippen LogP contribution is -2.37. The number of para-hydroxylation sites is 2. The summed E-state index contributed by atoms with van der Waals surface area (Å²) in [6.07, 6.45) is 1.08. The fraction of sp³-hybridized carbons (Fsp3) is 0.316. The third-order valence-electron chi connectivity index (χ3n) is 3.80. The molecule has 0 spiro atoms. The largest absolute Gasteiger partial charge is 0.492 e. The maximum Gasteiger partial charge on any atom is 0.245 e. The molecule has 146 valence electrons. The number of carbonyl (C=O) groups excluding carboxylic acids is 1. The van der Waals surface area contributed by atoms with Crippen LogP contribution < -0.4 is 19.3 Å². The minimum absolute atomic E-state index is 0.333. The highest BCUT2D eigenvalue weighted by molar-refractivity contribution is 7.92. The van der Waals surface area contributed by atoms with Crippen LogP contribution in [0.2, 0.25) is 0 Å². The lowest BCUT2D eigenvalue weighted by Gasteiger charge is -2.23. The first kappa shape index (κ1) is 20.6. The highest BCUT2D eigenvalue weighted by atomic mass is 32.2. The van der Waals surface area contributed by atoms with E-state index in [1.54, 1.807) is 48.5 Å². The minimum atomic E-state index is -3.63. The Kier molecular flexibility index (Phi) is 6.68. The Bertz CT molecular complexity index is 880. The number of nitrogens with one attached hydrogen (secondary N) is 1. The summed E-state index contributed by atoms with van der Waals surface area (Å²) < 4.78 is 31.0. The van der Waals surface area contributed by atoms with E-state index in [1.165, 1.54) is 0 Å². The molecule has 8 heteroatoms. The van der Waals surface area contributed by atoms with Crippen molar-refractivity contribution in [2.75, 3.05) is 48.0 Å². The molecule has 1 amide bonds. The van der Waals surface area contributed by atoms with Gasteiger partial charge in [-0.3, -0.25) is 9.10 Å². The molecule has 7 nitrogen and oxygen atoms in total. The van der Waals surface area contributed by atoms with Crippen molar-refractivity contribution in [3.05, 3.63) is 48.5 Å². The number of hydrogen-bond donors (Lipinski definition) is 1. The van der Waals surface area contributed by atoms with Gasteiger partial charge in [-0.25, -0.2) is 8.42 Å². The Morgan fingerprint density at radius 3 is 2.19 bits per heavy atom. The Labute approximate surface area is 160 Å². The molecule has 0 saturated carbocycles. The third kappa shape index (κ3) is 5.62. The van der Waals surface area contributed by atoms with Crippen molar-refractivity contribution < 1.29 is 17.9 Å². The van der Waals surface area contributed by atoms with E-state index in [0.29, 0.717) is 23.7 Å². The molecule has 0 fully saturated rings. The summed E-state index contributed by atoms with van der Waals surface area (Å²) in [4.78, 5) is 14.4. The highest BCUT2D eigenvalue weighted by Crippen LogP contribution is 2.25. The maximum absolute atomic E-state index is 12.5. The van der Waals surface area contributed by atoms with E-state index >= 15 is 0 Å². The van der Waals surface area contributed by atoms with Crippen molar-refractivity contribution in [2.24, 2.45) is 0 Å². The van der Waals surface area contributed by atoms with Crippen LogP contribution in [0.1, 0.15) is 6.92 Å². The van der Waals surface area contributed by atoms with Crippen LogP contribution >= 0.6 is 0 Å². The lowest BCUT2D eigenvalue weighted by molar-refractivity contribution is -0.114. The van der Waals surface area contributed by atoms with E-state index in [1.807, 2.05) is 25.9 Å². The molecule has 0 bridgehead atoms. The molecule has 0 radical (unpaired) electrons. The normalized spacial score (nSPS) is 11.0. The molecule has 2 aromatic carbocycles. The molecule has 0 atom stereocenters. The van der Waals surface area contributed by atoms with Gasteiger partial charge in [-0.2, -0.15) is 0 Å². The van der Waals surface area contributed by atoms with Crippen molar-refractivity contribution in [3.8, 4) is 5.75 Å². The molecule has 0 aliphatic carbocycles. The first-order valence-electron chi connectivity index (χ1n) is 8.49. The number of anilines is 3. The topological polar surface area (TPSA) is 79.0 Å². The van der Waals surface area contributed by atoms with Crippen LogP contribution in [0.5, 0.6) is 5.75 Å². The molecule has 1 N–H and O–H groups in total. The van der Waals surface area contributed by atoms with Gasteiger partial charge in [0.2, 0.25) is 15.9 Å². The Morgan fingerprint density at radius 2 is 1.63 bits per heavy atom. The van der Waals surface area contributed by atoms with Gasteiger partial charge in [-0.05, 0) is 43.3 Å². The van der Waals surface area contributed by atoms with Crippen LogP contribution in [0.4, 0.5) is 17.1 Å². The summed E-state index contributed by atoms with van der Waals surface area (Å²) in [5, 5.41) is 2.72. The predicted molar refractivity (Wildman–Crippen MR) is 109 cm³/mol. The van der Waals surface area contributed by atoms with Crippen LogP contribution in [-0.2, 0) is 14.8 Å². The van der Waals surface area contributed by atoms with E-state index in [-0.39, 0.29) is 6.54 Å². The third-order valence-corrected chi connectivity index (χ3v) is 4.94. The average Bonchev–Trinajstić information content (AvgIpc) is 2.61. The summed E-state index contributed by atoms with van der Waals surface area (Å²) in [5.41, 5.74) is 1.86. The molecule has 0 aliphatic rings. The summed E-state index contributed by atoms with van der Waals surface area (Å²) in [6.45, 7) is 1.97. The molecule has 0 unspecified atom stereocenters. The monoisotopic (exact) mass is 391 g/mol. The summed E-state index contributed by atoms with van der Waals surface area (Å²) in [6, 6.07) is 14.0. The van der Waals surface area contributed by atoms with E-state index in [2.05, 4.69) is 5.32 Å². The van der Waals surface area contributed by atoms with Gasteiger partial charge in [0.15, 0.2) is 0 Å². The number of benzene rings is 2. The van der Waals surface area contributed by atoms with Crippen LogP contribution in [0, 0.1) is 0 Å². The molecule has 2 rings (SSSR count). The smallest absolute Gasteiger partial charge is 0.245 e. The SMILES string of the molecule is CCOc1ccccc1NC(=O)CN(c1ccc(N(C)C)cc1)S(C)(=O)=O. The van der Waals surface area contributed by atoms with E-state index in [4.69, 9.17) is 4.74 Å². The number of rotatable bonds is 8. The van der Waals surface area contributed by atoms with Gasteiger partial charge in [-0.1, -0.05) is 12.1 Å². The quantitative estimate of drug-likeness (QED) is 0.748. The Balaban J connectivity index is 2.20. The molecule has 0 heterocycles. The zero-order valence-corrected chi connectivity index (χ0v) is 16.8. The summed E-state index contributed by atoms with van der Waals surface area (Å²) in [7, 11) is 0.160. The van der Waals surface area contributed by atoms with Crippen molar-refractivity contribution in [2.45, 2.75) is 6.92 Å². The number of sulfonamides is 1. The van der Waals surface area contributed by atoms with Crippen molar-refractivity contribution in [1.29, 1.82) is 0 Å². The molecular weight excluding hydrogens is 366 g/mol. The van der Waals surface area contributed by atoms with Crippen molar-refractivity contribution >= 4 is 33.0 Å². The fourth-order valence-electron chi connectivity index (χ4n) is 2.49. The molecule has 2 aromatic rings. The van der Waals surface area contributed by atoms with Gasteiger partial charge in [0, 0.05) is 19.8 Å². The summed E-state index contributed by atoms with van der Waals surface area (Å²) in [5.74, 6) is 0.0823. The van der Waals surface area contributed by atoms with Crippen LogP contribution in [0.15, 0.2) is 48.5 Å². The van der Waals surface area contributed by atoms with E-state index < -0.39 is 15.9 Å². The lowest BCUT2D eigenvalue weighted by atomic mass is 10.2. The molecule has 0 aromatic heterocycles. The van der Waals surface area contributed by atoms with Gasteiger partial charge < -0.3 is 15.0 Å². The second-order valence-electron chi connectivity index (χ2n) is 6.16. The van der Waals surface area contributed by atoms with Gasteiger partial charge in [0.05, 0.1) is 24.2 Å². The zero-order valence-electron chi connectivity index (χ0n) is 16.0. The average molecular weight is 391 g/mol. The van der Waals surface area contributed by atoms with E-state index in [0.717, 1.165) is 16.2 Å². The summed E-state index contributed by atoms with van der Waals surface area (Å²) >= 11 is 0. The zero-order chi connectivity index (χ0) is 20.0. The molecule has 0 saturated heterocycles. The number of nitrogens with zero attached hydrogens (tertiary/aromatic N) is 2. The first-order chi connectivity index (χ1) is 12.7. The van der Waals surface area contributed by atoms with Crippen LogP contribution in [0.25, 0.3) is 0 Å². The van der Waals surface area contributed by atoms with Gasteiger partial charge >= 0.3 is 0 Å². The molecular formula is C19H25N3O4S. The second-order valence-corrected chi connectivity index (χ2v) is 8.06. The van der Waals surface area contributed by atoms with Crippen molar-refractivity contribution in [3.63, 3.8) is 0 Å². The van der Waals surface area contributed by atoms with Gasteiger partial charge in [-0.15, -0.1) is 0 Å². The standard InChI is InChI=1S/C19H25N3O4S/c1-5-26-18-9-7-6-8-17(18)20-19(23)14-22(27(4,24)25)16-12-10-15(11-13-16)21(2)3/h6-13H,5,14H2,1-4H3,(H,20,23).